The summed E-state index contributed by atoms with van der Waals surface area (Å²) in [5.74, 6) is -0.175. The molecule has 1 aromatic carbocycles. The van der Waals surface area contributed by atoms with Crippen molar-refractivity contribution in [3.8, 4) is 0 Å². The molecule has 0 radical (unpaired) electrons. The van der Waals surface area contributed by atoms with Crippen LogP contribution in [0.2, 0.25) is 0 Å². The van der Waals surface area contributed by atoms with Gasteiger partial charge in [-0.2, -0.15) is 13.2 Å². The number of benzene rings is 1. The highest BCUT2D eigenvalue weighted by Gasteiger charge is 2.29. The van der Waals surface area contributed by atoms with E-state index in [9.17, 15) is 18.0 Å². The SMILES string of the molecule is Cc1ccc(Sc2ncccc2C(=O)N(C)Cc2nccn2CC(F)(F)F)cc1C. The first-order valence-electron chi connectivity index (χ1n) is 9.16. The number of nitrogens with zero attached hydrogens (tertiary/aromatic N) is 4. The van der Waals surface area contributed by atoms with E-state index in [2.05, 4.69) is 9.97 Å². The van der Waals surface area contributed by atoms with Crippen molar-refractivity contribution in [2.75, 3.05) is 7.05 Å². The van der Waals surface area contributed by atoms with Gasteiger partial charge in [0.15, 0.2) is 0 Å². The normalized spacial score (nSPS) is 11.5. The van der Waals surface area contributed by atoms with Crippen LogP contribution in [0.15, 0.2) is 58.8 Å². The molecular weight excluding hydrogens is 413 g/mol. The van der Waals surface area contributed by atoms with Crippen molar-refractivity contribution in [1.29, 1.82) is 0 Å². The maximum atomic E-state index is 13.0. The van der Waals surface area contributed by atoms with Crippen LogP contribution in [0.5, 0.6) is 0 Å². The van der Waals surface area contributed by atoms with Crippen LogP contribution in [0.1, 0.15) is 27.3 Å². The highest BCUT2D eigenvalue weighted by molar-refractivity contribution is 7.99. The van der Waals surface area contributed by atoms with Crippen LogP contribution in [0.3, 0.4) is 0 Å². The molecule has 0 unspecified atom stereocenters. The van der Waals surface area contributed by atoms with Crippen LogP contribution in [0, 0.1) is 13.8 Å². The van der Waals surface area contributed by atoms with Crippen LogP contribution in [0.4, 0.5) is 13.2 Å². The first-order valence-corrected chi connectivity index (χ1v) is 9.98. The second-order valence-corrected chi connectivity index (χ2v) is 8.01. The Bertz CT molecular complexity index is 1050. The Morgan fingerprint density at radius 2 is 1.90 bits per heavy atom. The first kappa shape index (κ1) is 21.9. The Hall–Kier alpha value is -2.81. The standard InChI is InChI=1S/C21H21F3N4OS/c1-14-6-7-16(11-15(14)2)30-19-17(5-4-8-26-19)20(29)27(3)12-18-25-9-10-28(18)13-21(22,23)24/h4-11H,12-13H2,1-3H3. The number of carbonyl (C=O) groups excluding carboxylic acids is 1. The highest BCUT2D eigenvalue weighted by atomic mass is 32.2. The van der Waals surface area contributed by atoms with Crippen molar-refractivity contribution < 1.29 is 18.0 Å². The summed E-state index contributed by atoms with van der Waals surface area (Å²) in [7, 11) is 1.53. The molecule has 0 saturated heterocycles. The lowest BCUT2D eigenvalue weighted by Gasteiger charge is -2.19. The van der Waals surface area contributed by atoms with E-state index in [0.717, 1.165) is 15.0 Å². The molecule has 0 spiro atoms. The minimum atomic E-state index is -4.36. The maximum absolute atomic E-state index is 13.0. The van der Waals surface area contributed by atoms with Gasteiger partial charge in [-0.3, -0.25) is 4.79 Å². The third kappa shape index (κ3) is 5.41. The van der Waals surface area contributed by atoms with E-state index in [0.29, 0.717) is 10.6 Å². The van der Waals surface area contributed by atoms with Gasteiger partial charge in [-0.1, -0.05) is 17.8 Å². The molecule has 0 aliphatic carbocycles. The number of halogens is 3. The summed E-state index contributed by atoms with van der Waals surface area (Å²) >= 11 is 1.37. The number of pyridine rings is 1. The Balaban J connectivity index is 1.79. The molecule has 5 nitrogen and oxygen atoms in total. The molecule has 0 saturated carbocycles. The quantitative estimate of drug-likeness (QED) is 0.555. The number of hydrogen-bond donors (Lipinski definition) is 0. The zero-order valence-corrected chi connectivity index (χ0v) is 17.6. The monoisotopic (exact) mass is 434 g/mol. The summed E-state index contributed by atoms with van der Waals surface area (Å²) in [5, 5.41) is 0.538. The number of amides is 1. The molecule has 30 heavy (non-hydrogen) atoms. The minimum absolute atomic E-state index is 0.0510. The fourth-order valence-corrected chi connectivity index (χ4v) is 3.82. The molecule has 2 aromatic heterocycles. The average molecular weight is 434 g/mol. The number of aryl methyl sites for hydroxylation is 2. The molecule has 158 valence electrons. The van der Waals surface area contributed by atoms with Gasteiger partial charge in [0.25, 0.3) is 5.91 Å². The van der Waals surface area contributed by atoms with Gasteiger partial charge in [0, 0.05) is 30.5 Å². The molecule has 9 heteroatoms. The Labute approximate surface area is 176 Å². The number of aromatic nitrogens is 3. The van der Waals surface area contributed by atoms with Crippen molar-refractivity contribution in [2.45, 2.75) is 43.0 Å². The first-order chi connectivity index (χ1) is 14.1. The predicted molar refractivity (Wildman–Crippen MR) is 108 cm³/mol. The molecule has 2 heterocycles. The number of alkyl halides is 3. The molecule has 0 atom stereocenters. The van der Waals surface area contributed by atoms with E-state index in [1.165, 1.54) is 41.7 Å². The zero-order valence-electron chi connectivity index (χ0n) is 16.8. The lowest BCUT2D eigenvalue weighted by atomic mass is 10.1. The van der Waals surface area contributed by atoms with Gasteiger partial charge < -0.3 is 9.47 Å². The van der Waals surface area contributed by atoms with Crippen LogP contribution in [-0.2, 0) is 13.1 Å². The van der Waals surface area contributed by atoms with Crippen molar-refractivity contribution in [3.63, 3.8) is 0 Å². The molecule has 0 bridgehead atoms. The predicted octanol–water partition coefficient (Wildman–Crippen LogP) is 4.88. The van der Waals surface area contributed by atoms with Crippen LogP contribution in [0.25, 0.3) is 0 Å². The molecule has 0 N–H and O–H groups in total. The lowest BCUT2D eigenvalue weighted by Crippen LogP contribution is -2.29. The van der Waals surface area contributed by atoms with Crippen LogP contribution < -0.4 is 0 Å². The van der Waals surface area contributed by atoms with E-state index in [4.69, 9.17) is 0 Å². The topological polar surface area (TPSA) is 51.0 Å². The molecule has 0 aliphatic rings. The Morgan fingerprint density at radius 1 is 1.13 bits per heavy atom. The van der Waals surface area contributed by atoms with Crippen molar-refractivity contribution >= 4 is 17.7 Å². The summed E-state index contributed by atoms with van der Waals surface area (Å²) in [6, 6.07) is 9.33. The number of rotatable bonds is 6. The molecule has 1 amide bonds. The van der Waals surface area contributed by atoms with Crippen molar-refractivity contribution in [1.82, 2.24) is 19.4 Å². The van der Waals surface area contributed by atoms with E-state index >= 15 is 0 Å². The fraction of sp³-hybridized carbons (Fsp3) is 0.286. The van der Waals surface area contributed by atoms with Gasteiger partial charge in [0.05, 0.1) is 12.1 Å². The Morgan fingerprint density at radius 3 is 2.60 bits per heavy atom. The smallest absolute Gasteiger partial charge is 0.334 e. The summed E-state index contributed by atoms with van der Waals surface area (Å²) in [4.78, 5) is 23.6. The average Bonchev–Trinajstić information content (AvgIpc) is 3.09. The lowest BCUT2D eigenvalue weighted by molar-refractivity contribution is -0.141. The molecular formula is C21H21F3N4OS. The summed E-state index contributed by atoms with van der Waals surface area (Å²) < 4.78 is 39.2. The van der Waals surface area contributed by atoms with Crippen molar-refractivity contribution in [2.24, 2.45) is 0 Å². The third-order valence-corrected chi connectivity index (χ3v) is 5.58. The van der Waals surface area contributed by atoms with Crippen molar-refractivity contribution in [3.05, 3.63) is 71.4 Å². The number of imidazole rings is 1. The van der Waals surface area contributed by atoms with Gasteiger partial charge >= 0.3 is 6.18 Å². The summed E-state index contributed by atoms with van der Waals surface area (Å²) in [6.07, 6.45) is -0.204. The van der Waals surface area contributed by atoms with E-state index in [1.807, 2.05) is 32.0 Å². The second kappa shape index (κ2) is 8.91. The maximum Gasteiger partial charge on any atom is 0.406 e. The largest absolute Gasteiger partial charge is 0.406 e. The van der Waals surface area contributed by atoms with Crippen LogP contribution in [-0.4, -0.2) is 38.6 Å². The second-order valence-electron chi connectivity index (χ2n) is 6.95. The van der Waals surface area contributed by atoms with Gasteiger partial charge in [0.1, 0.15) is 17.4 Å². The molecule has 0 aliphatic heterocycles. The minimum Gasteiger partial charge on any atom is -0.334 e. The van der Waals surface area contributed by atoms with Crippen LogP contribution >= 0.6 is 11.8 Å². The molecule has 0 fully saturated rings. The third-order valence-electron chi connectivity index (χ3n) is 4.57. The zero-order chi connectivity index (χ0) is 21.9. The van der Waals surface area contributed by atoms with Gasteiger partial charge in [0.2, 0.25) is 0 Å². The number of hydrogen-bond acceptors (Lipinski definition) is 4. The molecule has 3 aromatic rings. The fourth-order valence-electron chi connectivity index (χ4n) is 2.84. The van der Waals surface area contributed by atoms with Gasteiger partial charge in [-0.05, 0) is 49.2 Å². The van der Waals surface area contributed by atoms with Gasteiger partial charge in [-0.15, -0.1) is 0 Å². The van der Waals surface area contributed by atoms with E-state index in [-0.39, 0.29) is 18.3 Å². The van der Waals surface area contributed by atoms with E-state index in [1.54, 1.807) is 18.3 Å². The molecule has 3 rings (SSSR count). The van der Waals surface area contributed by atoms with E-state index < -0.39 is 12.7 Å². The summed E-state index contributed by atoms with van der Waals surface area (Å²) in [6.45, 7) is 2.84. The van der Waals surface area contributed by atoms with Gasteiger partial charge in [-0.25, -0.2) is 9.97 Å². The Kier molecular flexibility index (Phi) is 6.50. The number of carbonyl (C=O) groups is 1. The summed E-state index contributed by atoms with van der Waals surface area (Å²) in [5.41, 5.74) is 2.69. The highest BCUT2D eigenvalue weighted by Crippen LogP contribution is 2.30.